The third-order valence-corrected chi connectivity index (χ3v) is 3.55. The van der Waals surface area contributed by atoms with Crippen molar-refractivity contribution in [3.8, 4) is 0 Å². The van der Waals surface area contributed by atoms with E-state index in [-0.39, 0.29) is 0 Å². The molecule has 74 valence electrons. The molecule has 15 heavy (non-hydrogen) atoms. The van der Waals surface area contributed by atoms with Crippen LogP contribution in [0.15, 0.2) is 33.3 Å². The summed E-state index contributed by atoms with van der Waals surface area (Å²) in [5.74, 6) is 1.05. The molecule has 0 unspecified atom stereocenters. The van der Waals surface area contributed by atoms with Crippen LogP contribution < -0.4 is 10.6 Å². The van der Waals surface area contributed by atoms with Crippen LogP contribution in [0, 0.1) is 0 Å². The molecule has 2 nitrogen and oxygen atoms in total. The van der Waals surface area contributed by atoms with Crippen molar-refractivity contribution in [2.24, 2.45) is 10.2 Å². The molecule has 3 heteroatoms. The van der Waals surface area contributed by atoms with Crippen LogP contribution in [0.3, 0.4) is 0 Å². The quantitative estimate of drug-likeness (QED) is 0.643. The molecule has 0 radical (unpaired) electrons. The fourth-order valence-electron chi connectivity index (χ4n) is 1.76. The van der Waals surface area contributed by atoms with Gasteiger partial charge < -0.3 is 0 Å². The highest BCUT2D eigenvalue weighted by atomic mass is 32.2. The van der Waals surface area contributed by atoms with Crippen LogP contribution >= 0.6 is 11.8 Å². The molecule has 0 saturated heterocycles. The van der Waals surface area contributed by atoms with E-state index in [1.54, 1.807) is 0 Å². The molecule has 0 aromatic heterocycles. The second kappa shape index (κ2) is 3.35. The van der Waals surface area contributed by atoms with Crippen molar-refractivity contribution in [2.75, 3.05) is 5.75 Å². The molecule has 0 aliphatic carbocycles. The molecule has 0 spiro atoms. The summed E-state index contributed by atoms with van der Waals surface area (Å²) in [5, 5.41) is 10.8. The predicted octanol–water partition coefficient (Wildman–Crippen LogP) is 1.60. The zero-order chi connectivity index (χ0) is 10.3. The fraction of sp³-hybridized carbons (Fsp3) is 0.167. The van der Waals surface area contributed by atoms with Gasteiger partial charge in [0.05, 0.1) is 5.71 Å². The van der Waals surface area contributed by atoms with Gasteiger partial charge in [-0.2, -0.15) is 5.10 Å². The highest BCUT2D eigenvalue weighted by Gasteiger charge is 2.08. The minimum absolute atomic E-state index is 0.950. The summed E-state index contributed by atoms with van der Waals surface area (Å²) < 4.78 is 0. The number of hydrogen-bond acceptors (Lipinski definition) is 3. The summed E-state index contributed by atoms with van der Waals surface area (Å²) in [7, 11) is 0. The van der Waals surface area contributed by atoms with Crippen LogP contribution in [-0.2, 0) is 0 Å². The molecule has 1 aromatic carbocycles. The maximum atomic E-state index is 4.32. The van der Waals surface area contributed by atoms with Crippen molar-refractivity contribution < 1.29 is 0 Å². The van der Waals surface area contributed by atoms with Gasteiger partial charge >= 0.3 is 0 Å². The van der Waals surface area contributed by atoms with Gasteiger partial charge in [0.25, 0.3) is 0 Å². The highest BCUT2D eigenvalue weighted by Crippen LogP contribution is 2.17. The Balaban J connectivity index is 2.42. The van der Waals surface area contributed by atoms with E-state index < -0.39 is 0 Å². The Labute approximate surface area is 92.1 Å². The van der Waals surface area contributed by atoms with Crippen LogP contribution in [0.4, 0.5) is 0 Å². The van der Waals surface area contributed by atoms with E-state index in [1.165, 1.54) is 10.1 Å². The Kier molecular flexibility index (Phi) is 1.99. The van der Waals surface area contributed by atoms with Gasteiger partial charge in [-0.05, 0) is 19.1 Å². The Bertz CT molecular complexity index is 597. The number of hydrogen-bond donors (Lipinski definition) is 0. The molecule has 0 amide bonds. The molecule has 0 atom stereocenters. The Morgan fingerprint density at radius 3 is 3.07 bits per heavy atom. The number of thioether (sulfide) groups is 1. The zero-order valence-corrected chi connectivity index (χ0v) is 9.21. The average Bonchev–Trinajstić information content (AvgIpc) is 2.64. The molecule has 2 aliphatic heterocycles. The van der Waals surface area contributed by atoms with E-state index in [2.05, 4.69) is 34.5 Å². The van der Waals surface area contributed by atoms with Gasteiger partial charge in [0.15, 0.2) is 0 Å². The van der Waals surface area contributed by atoms with Crippen LogP contribution in [0.25, 0.3) is 12.2 Å². The summed E-state index contributed by atoms with van der Waals surface area (Å²) in [5.41, 5.74) is 2.11. The Morgan fingerprint density at radius 1 is 1.20 bits per heavy atom. The molecule has 0 N–H and O–H groups in total. The van der Waals surface area contributed by atoms with Gasteiger partial charge in [-0.1, -0.05) is 18.2 Å². The standard InChI is InChI=1S/C12H10N2S/c1-8-2-3-9-4-5-11-10(6-7-15-11)12(9)14-13-8/h2-6H,7H2,1H3. The lowest BCUT2D eigenvalue weighted by molar-refractivity contribution is 1.10. The number of benzene rings is 1. The molecule has 3 rings (SSSR count). The first kappa shape index (κ1) is 8.92. The normalized spacial score (nSPS) is 17.0. The molecule has 0 fully saturated rings. The minimum Gasteiger partial charge on any atom is -0.155 e. The van der Waals surface area contributed by atoms with Gasteiger partial charge in [-0.3, -0.25) is 0 Å². The van der Waals surface area contributed by atoms with Crippen molar-refractivity contribution in [1.82, 2.24) is 0 Å². The Hall–Kier alpha value is -1.35. The lowest BCUT2D eigenvalue weighted by Crippen LogP contribution is -2.27. The first-order valence-electron chi connectivity index (χ1n) is 4.91. The SMILES string of the molecule is CC1=NN=c2c(ccc3c2=CCS3)C=C1. The molecule has 2 heterocycles. The monoisotopic (exact) mass is 214 g/mol. The van der Waals surface area contributed by atoms with Crippen molar-refractivity contribution >= 4 is 29.6 Å². The van der Waals surface area contributed by atoms with E-state index in [4.69, 9.17) is 0 Å². The number of nitrogens with zero attached hydrogens (tertiary/aromatic N) is 2. The first-order valence-corrected chi connectivity index (χ1v) is 5.89. The van der Waals surface area contributed by atoms with E-state index in [1.807, 2.05) is 24.8 Å². The maximum absolute atomic E-state index is 4.32. The molecular formula is C12H10N2S. The van der Waals surface area contributed by atoms with Crippen LogP contribution in [0.5, 0.6) is 0 Å². The largest absolute Gasteiger partial charge is 0.155 e. The molecule has 1 aromatic rings. The Morgan fingerprint density at radius 2 is 2.13 bits per heavy atom. The first-order chi connectivity index (χ1) is 7.34. The topological polar surface area (TPSA) is 24.7 Å². The third kappa shape index (κ3) is 1.43. The smallest absolute Gasteiger partial charge is 0.101 e. The van der Waals surface area contributed by atoms with Crippen molar-refractivity contribution in [3.63, 3.8) is 0 Å². The summed E-state index contributed by atoms with van der Waals surface area (Å²) in [6.07, 6.45) is 6.32. The van der Waals surface area contributed by atoms with Crippen molar-refractivity contribution in [1.29, 1.82) is 0 Å². The summed E-state index contributed by atoms with van der Waals surface area (Å²) >= 11 is 1.86. The van der Waals surface area contributed by atoms with Gasteiger partial charge in [0, 0.05) is 21.4 Å². The second-order valence-corrected chi connectivity index (χ2v) is 4.67. The van der Waals surface area contributed by atoms with Gasteiger partial charge in [0.2, 0.25) is 0 Å². The van der Waals surface area contributed by atoms with Crippen LogP contribution in [-0.4, -0.2) is 11.5 Å². The van der Waals surface area contributed by atoms with Crippen molar-refractivity contribution in [3.05, 3.63) is 34.3 Å². The number of fused-ring (bicyclic) bond motifs is 3. The van der Waals surface area contributed by atoms with E-state index >= 15 is 0 Å². The van der Waals surface area contributed by atoms with E-state index in [0.717, 1.165) is 22.4 Å². The molecule has 0 saturated carbocycles. The molecule has 0 bridgehead atoms. The van der Waals surface area contributed by atoms with E-state index in [0.29, 0.717) is 0 Å². The summed E-state index contributed by atoms with van der Waals surface area (Å²) in [4.78, 5) is 1.32. The summed E-state index contributed by atoms with van der Waals surface area (Å²) in [6, 6.07) is 4.29. The van der Waals surface area contributed by atoms with Crippen LogP contribution in [0.1, 0.15) is 12.5 Å². The van der Waals surface area contributed by atoms with E-state index in [9.17, 15) is 0 Å². The van der Waals surface area contributed by atoms with Crippen molar-refractivity contribution in [2.45, 2.75) is 11.8 Å². The highest BCUT2D eigenvalue weighted by molar-refractivity contribution is 7.99. The zero-order valence-electron chi connectivity index (χ0n) is 8.40. The predicted molar refractivity (Wildman–Crippen MR) is 64.6 cm³/mol. The lowest BCUT2D eigenvalue weighted by Gasteiger charge is -1.96. The average molecular weight is 214 g/mol. The van der Waals surface area contributed by atoms with Gasteiger partial charge in [-0.15, -0.1) is 16.9 Å². The summed E-state index contributed by atoms with van der Waals surface area (Å²) in [6.45, 7) is 1.96. The lowest BCUT2D eigenvalue weighted by atomic mass is 10.1. The third-order valence-electron chi connectivity index (χ3n) is 2.55. The number of rotatable bonds is 0. The van der Waals surface area contributed by atoms with Crippen LogP contribution in [0.2, 0.25) is 0 Å². The fourth-order valence-corrected chi connectivity index (χ4v) is 2.69. The molecular weight excluding hydrogens is 204 g/mol. The van der Waals surface area contributed by atoms with Gasteiger partial charge in [0.1, 0.15) is 5.36 Å². The number of allylic oxidation sites excluding steroid dienone is 1. The second-order valence-electron chi connectivity index (χ2n) is 3.61. The maximum Gasteiger partial charge on any atom is 0.101 e. The van der Waals surface area contributed by atoms with Gasteiger partial charge in [-0.25, -0.2) is 0 Å². The molecule has 2 aliphatic rings. The minimum atomic E-state index is 0.950.